The van der Waals surface area contributed by atoms with Gasteiger partial charge in [0, 0.05) is 5.56 Å². The van der Waals surface area contributed by atoms with Crippen molar-refractivity contribution in [3.8, 4) is 0 Å². The van der Waals surface area contributed by atoms with Crippen molar-refractivity contribution in [2.24, 2.45) is 0 Å². The second kappa shape index (κ2) is 7.90. The average molecular weight is 389 g/mol. The Labute approximate surface area is 159 Å². The summed E-state index contributed by atoms with van der Waals surface area (Å²) in [7, 11) is 0. The number of hydrogen-bond acceptors (Lipinski definition) is 6. The van der Waals surface area contributed by atoms with E-state index in [0.29, 0.717) is 27.1 Å². The molecule has 0 aliphatic rings. The largest absolute Gasteiger partial charge is 0.393 e. The molecule has 5 N–H and O–H groups in total. The van der Waals surface area contributed by atoms with E-state index < -0.39 is 0 Å². The molecule has 2 aromatic carbocycles. The van der Waals surface area contributed by atoms with Gasteiger partial charge < -0.3 is 11.1 Å². The van der Waals surface area contributed by atoms with E-state index in [2.05, 4.69) is 26.1 Å². The summed E-state index contributed by atoms with van der Waals surface area (Å²) in [5, 5.41) is 3.74. The molecule has 26 heavy (non-hydrogen) atoms. The number of halogens is 2. The molecular weight excluding hydrogens is 375 g/mol. The number of nitrogens with two attached hydrogens (primary N) is 1. The third-order valence-corrected chi connectivity index (χ3v) is 4.24. The molecule has 3 aromatic rings. The average Bonchev–Trinajstić information content (AvgIpc) is 2.66. The summed E-state index contributed by atoms with van der Waals surface area (Å²) in [5.74, 6) is 0.238. The molecule has 0 bridgehead atoms. The van der Waals surface area contributed by atoms with Crippen LogP contribution in [0.2, 0.25) is 10.0 Å². The van der Waals surface area contributed by atoms with Gasteiger partial charge in [0.05, 0.1) is 15.7 Å². The van der Waals surface area contributed by atoms with E-state index in [4.69, 9.17) is 28.9 Å². The van der Waals surface area contributed by atoms with E-state index >= 15 is 0 Å². The van der Waals surface area contributed by atoms with Crippen LogP contribution < -0.4 is 21.9 Å². The van der Waals surface area contributed by atoms with Crippen molar-refractivity contribution in [1.29, 1.82) is 0 Å². The maximum Gasteiger partial charge on any atom is 0.269 e. The highest BCUT2D eigenvalue weighted by atomic mass is 35.5. The number of carbonyl (C=O) groups is 1. The van der Waals surface area contributed by atoms with Gasteiger partial charge in [0.25, 0.3) is 5.91 Å². The molecule has 3 rings (SSSR count). The van der Waals surface area contributed by atoms with Crippen LogP contribution in [0.3, 0.4) is 0 Å². The minimum Gasteiger partial charge on any atom is -0.393 e. The van der Waals surface area contributed by atoms with Crippen LogP contribution in [0.25, 0.3) is 0 Å². The number of hydrogen-bond donors (Lipinski definition) is 4. The molecule has 132 valence electrons. The summed E-state index contributed by atoms with van der Waals surface area (Å²) < 4.78 is 0. The number of nitrogens with zero attached hydrogens (tertiary/aromatic N) is 2. The molecule has 7 nitrogen and oxygen atoms in total. The lowest BCUT2D eigenvalue weighted by molar-refractivity contribution is 0.0962. The number of anilines is 4. The minimum atomic E-state index is -0.323. The maximum absolute atomic E-state index is 12.1. The number of benzene rings is 2. The van der Waals surface area contributed by atoms with Crippen LogP contribution in [0.1, 0.15) is 10.4 Å². The molecule has 1 amide bonds. The number of rotatable bonds is 5. The van der Waals surface area contributed by atoms with Gasteiger partial charge in [0.1, 0.15) is 12.0 Å². The van der Waals surface area contributed by atoms with E-state index in [0.717, 1.165) is 0 Å². The Bertz CT molecular complexity index is 936. The lowest BCUT2D eigenvalue weighted by atomic mass is 10.2. The molecule has 0 saturated carbocycles. The number of nitrogens with one attached hydrogen (secondary N) is 3. The molecule has 9 heteroatoms. The summed E-state index contributed by atoms with van der Waals surface area (Å²) in [6, 6.07) is 13.9. The van der Waals surface area contributed by atoms with Crippen LogP contribution >= 0.6 is 23.2 Å². The summed E-state index contributed by atoms with van der Waals surface area (Å²) in [6.07, 6.45) is 1.30. The van der Waals surface area contributed by atoms with Crippen molar-refractivity contribution in [2.45, 2.75) is 0 Å². The van der Waals surface area contributed by atoms with Crippen LogP contribution in [0, 0.1) is 0 Å². The van der Waals surface area contributed by atoms with E-state index in [1.165, 1.54) is 6.33 Å². The van der Waals surface area contributed by atoms with Gasteiger partial charge >= 0.3 is 0 Å². The van der Waals surface area contributed by atoms with E-state index in [-0.39, 0.29) is 17.4 Å². The normalized spacial score (nSPS) is 10.2. The lowest BCUT2D eigenvalue weighted by Crippen LogP contribution is -2.30. The molecular formula is C17H14Cl2N6O. The summed E-state index contributed by atoms with van der Waals surface area (Å²) in [4.78, 5) is 20.2. The van der Waals surface area contributed by atoms with Crippen LogP contribution in [-0.4, -0.2) is 15.9 Å². The zero-order valence-corrected chi connectivity index (χ0v) is 14.8. The molecule has 0 fully saturated rings. The quantitative estimate of drug-likeness (QED) is 0.494. The predicted molar refractivity (Wildman–Crippen MR) is 104 cm³/mol. The fraction of sp³-hybridized carbons (Fsp3) is 0. The third kappa shape index (κ3) is 3.96. The Morgan fingerprint density at radius 3 is 2.46 bits per heavy atom. The number of carbonyl (C=O) groups excluding carboxylic acids is 1. The molecule has 0 radical (unpaired) electrons. The Balaban J connectivity index is 1.75. The smallest absolute Gasteiger partial charge is 0.269 e. The summed E-state index contributed by atoms with van der Waals surface area (Å²) in [6.45, 7) is 0. The third-order valence-electron chi connectivity index (χ3n) is 3.42. The van der Waals surface area contributed by atoms with Crippen molar-refractivity contribution in [3.63, 3.8) is 0 Å². The van der Waals surface area contributed by atoms with Crippen LogP contribution in [0.5, 0.6) is 0 Å². The zero-order valence-electron chi connectivity index (χ0n) is 13.3. The molecule has 0 unspecified atom stereocenters. The standard InChI is InChI=1S/C17H14Cl2N6O/c18-11-7-4-8-12(13(11)19)23-15-14(20)16(22-9-21-15)24-25-17(26)10-5-2-1-3-6-10/h1-9H,20H2,(H,25,26)(H2,21,22,23,24). The van der Waals surface area contributed by atoms with Crippen molar-refractivity contribution >= 4 is 52.1 Å². The molecule has 0 saturated heterocycles. The van der Waals surface area contributed by atoms with Crippen LogP contribution in [0.4, 0.5) is 23.0 Å². The predicted octanol–water partition coefficient (Wildman–Crippen LogP) is 3.87. The van der Waals surface area contributed by atoms with Gasteiger partial charge in [-0.3, -0.25) is 15.6 Å². The Kier molecular flexibility index (Phi) is 5.40. The number of amides is 1. The fourth-order valence-electron chi connectivity index (χ4n) is 2.10. The van der Waals surface area contributed by atoms with Gasteiger partial charge in [0.15, 0.2) is 11.6 Å². The van der Waals surface area contributed by atoms with E-state index in [1.807, 2.05) is 6.07 Å². The van der Waals surface area contributed by atoms with Crippen molar-refractivity contribution in [2.75, 3.05) is 16.5 Å². The van der Waals surface area contributed by atoms with E-state index in [9.17, 15) is 4.79 Å². The molecule has 0 aliphatic carbocycles. The fourth-order valence-corrected chi connectivity index (χ4v) is 2.45. The lowest BCUT2D eigenvalue weighted by Gasteiger charge is -2.14. The Morgan fingerprint density at radius 1 is 0.962 bits per heavy atom. The second-order valence-corrected chi connectivity index (χ2v) is 5.94. The molecule has 1 aromatic heterocycles. The first-order chi connectivity index (χ1) is 12.6. The zero-order chi connectivity index (χ0) is 18.5. The maximum atomic E-state index is 12.1. The van der Waals surface area contributed by atoms with Crippen LogP contribution in [0.15, 0.2) is 54.9 Å². The summed E-state index contributed by atoms with van der Waals surface area (Å²) in [5.41, 5.74) is 12.5. The number of hydrazine groups is 1. The Hall–Kier alpha value is -3.03. The van der Waals surface area contributed by atoms with Gasteiger partial charge in [-0.15, -0.1) is 0 Å². The highest BCUT2D eigenvalue weighted by Crippen LogP contribution is 2.33. The number of aromatic nitrogens is 2. The van der Waals surface area contributed by atoms with Gasteiger partial charge in [-0.05, 0) is 24.3 Å². The number of nitrogen functional groups attached to an aromatic ring is 1. The van der Waals surface area contributed by atoms with Gasteiger partial charge in [0.2, 0.25) is 0 Å². The Morgan fingerprint density at radius 2 is 1.69 bits per heavy atom. The first-order valence-electron chi connectivity index (χ1n) is 7.49. The van der Waals surface area contributed by atoms with Crippen LogP contribution in [-0.2, 0) is 0 Å². The van der Waals surface area contributed by atoms with Crippen molar-refractivity contribution < 1.29 is 4.79 Å². The topological polar surface area (TPSA) is 105 Å². The highest BCUT2D eigenvalue weighted by Gasteiger charge is 2.12. The van der Waals surface area contributed by atoms with Crippen molar-refractivity contribution in [3.05, 3.63) is 70.5 Å². The molecule has 1 heterocycles. The first kappa shape index (κ1) is 17.8. The van der Waals surface area contributed by atoms with Crippen molar-refractivity contribution in [1.82, 2.24) is 15.4 Å². The van der Waals surface area contributed by atoms with Gasteiger partial charge in [-0.2, -0.15) is 0 Å². The molecule has 0 spiro atoms. The first-order valence-corrected chi connectivity index (χ1v) is 8.25. The SMILES string of the molecule is Nc1c(NNC(=O)c2ccccc2)ncnc1Nc1cccc(Cl)c1Cl. The molecule has 0 aliphatic heterocycles. The second-order valence-electron chi connectivity index (χ2n) is 5.16. The minimum absolute atomic E-state index is 0.205. The summed E-state index contributed by atoms with van der Waals surface area (Å²) >= 11 is 12.2. The van der Waals surface area contributed by atoms with Gasteiger partial charge in [-0.25, -0.2) is 9.97 Å². The highest BCUT2D eigenvalue weighted by molar-refractivity contribution is 6.43. The van der Waals surface area contributed by atoms with Gasteiger partial charge in [-0.1, -0.05) is 47.5 Å². The monoisotopic (exact) mass is 388 g/mol. The molecule has 0 atom stereocenters. The van der Waals surface area contributed by atoms with E-state index in [1.54, 1.807) is 42.5 Å².